The Balaban J connectivity index is 1.94. The normalized spacial score (nSPS) is 19.6. The molecule has 4 nitrogen and oxygen atoms in total. The fourth-order valence-corrected chi connectivity index (χ4v) is 2.33. The highest BCUT2D eigenvalue weighted by atomic mass is 16.5. The van der Waals surface area contributed by atoms with Crippen LogP contribution in [-0.4, -0.2) is 31.3 Å². The van der Waals surface area contributed by atoms with Crippen molar-refractivity contribution < 1.29 is 14.3 Å². The third kappa shape index (κ3) is 3.97. The van der Waals surface area contributed by atoms with Gasteiger partial charge in [-0.3, -0.25) is 4.79 Å². The van der Waals surface area contributed by atoms with E-state index >= 15 is 0 Å². The quantitative estimate of drug-likeness (QED) is 0.869. The van der Waals surface area contributed by atoms with E-state index in [1.54, 1.807) is 12.1 Å². The summed E-state index contributed by atoms with van der Waals surface area (Å²) in [6.07, 6.45) is 3.18. The predicted molar refractivity (Wildman–Crippen MR) is 78.1 cm³/mol. The van der Waals surface area contributed by atoms with Gasteiger partial charge >= 0.3 is 0 Å². The maximum Gasteiger partial charge on any atom is 0.251 e. The van der Waals surface area contributed by atoms with Crippen LogP contribution in [0.3, 0.4) is 0 Å². The Kier molecular flexibility index (Phi) is 5.41. The molecule has 1 N–H and O–H groups in total. The summed E-state index contributed by atoms with van der Waals surface area (Å²) in [6, 6.07) is 7.33. The van der Waals surface area contributed by atoms with E-state index in [1.807, 2.05) is 19.1 Å². The van der Waals surface area contributed by atoms with Gasteiger partial charge < -0.3 is 14.8 Å². The van der Waals surface area contributed by atoms with E-state index < -0.39 is 0 Å². The van der Waals surface area contributed by atoms with Gasteiger partial charge in [-0.05, 0) is 44.4 Å². The van der Waals surface area contributed by atoms with Gasteiger partial charge in [0.15, 0.2) is 0 Å². The number of benzene rings is 1. The van der Waals surface area contributed by atoms with Gasteiger partial charge in [0.05, 0.1) is 18.8 Å². The summed E-state index contributed by atoms with van der Waals surface area (Å²) in [6.45, 7) is 5.51. The molecule has 1 aliphatic rings. The van der Waals surface area contributed by atoms with Gasteiger partial charge in [0.1, 0.15) is 5.75 Å². The minimum atomic E-state index is -0.0741. The molecule has 2 rings (SSSR count). The molecule has 0 bridgehead atoms. The molecule has 1 aromatic carbocycles. The average Bonchev–Trinajstić information content (AvgIpc) is 2.99. The lowest BCUT2D eigenvalue weighted by atomic mass is 10.1. The molecule has 1 heterocycles. The SMILES string of the molecule is CCCOc1cccc(C(=O)N[C@@H](C)[C@H]2CCCO2)c1. The first-order chi connectivity index (χ1) is 9.70. The van der Waals surface area contributed by atoms with Crippen molar-refractivity contribution in [2.45, 2.75) is 45.3 Å². The van der Waals surface area contributed by atoms with Crippen molar-refractivity contribution in [3.63, 3.8) is 0 Å². The van der Waals surface area contributed by atoms with Crippen molar-refractivity contribution in [3.8, 4) is 5.75 Å². The highest BCUT2D eigenvalue weighted by Crippen LogP contribution is 2.17. The van der Waals surface area contributed by atoms with E-state index in [9.17, 15) is 4.79 Å². The molecule has 0 unspecified atom stereocenters. The van der Waals surface area contributed by atoms with Crippen molar-refractivity contribution in [2.24, 2.45) is 0 Å². The molecule has 1 aliphatic heterocycles. The molecule has 0 spiro atoms. The Morgan fingerprint density at radius 3 is 3.10 bits per heavy atom. The molecule has 2 atom stereocenters. The van der Waals surface area contributed by atoms with Crippen LogP contribution in [0.5, 0.6) is 5.75 Å². The minimum absolute atomic E-state index is 0.0326. The van der Waals surface area contributed by atoms with Gasteiger partial charge in [-0.15, -0.1) is 0 Å². The average molecular weight is 277 g/mol. The first-order valence-electron chi connectivity index (χ1n) is 7.36. The Morgan fingerprint density at radius 2 is 2.40 bits per heavy atom. The number of rotatable bonds is 6. The summed E-state index contributed by atoms with van der Waals surface area (Å²) in [5, 5.41) is 3.00. The van der Waals surface area contributed by atoms with Crippen LogP contribution in [0.1, 0.15) is 43.5 Å². The molecule has 0 aliphatic carbocycles. The van der Waals surface area contributed by atoms with Crippen LogP contribution >= 0.6 is 0 Å². The van der Waals surface area contributed by atoms with Crippen LogP contribution in [0, 0.1) is 0 Å². The number of nitrogens with one attached hydrogen (secondary N) is 1. The second-order valence-corrected chi connectivity index (χ2v) is 5.19. The lowest BCUT2D eigenvalue weighted by Gasteiger charge is -2.20. The van der Waals surface area contributed by atoms with E-state index in [4.69, 9.17) is 9.47 Å². The third-order valence-corrected chi connectivity index (χ3v) is 3.45. The van der Waals surface area contributed by atoms with Crippen molar-refractivity contribution in [3.05, 3.63) is 29.8 Å². The summed E-state index contributed by atoms with van der Waals surface area (Å²) >= 11 is 0. The molecular weight excluding hydrogens is 254 g/mol. The van der Waals surface area contributed by atoms with Crippen molar-refractivity contribution in [2.75, 3.05) is 13.2 Å². The standard InChI is InChI=1S/C16H23NO3/c1-3-9-19-14-7-4-6-13(11-14)16(18)17-12(2)15-8-5-10-20-15/h4,6-7,11-12,15H,3,5,8-10H2,1-2H3,(H,17,18)/t12-,15+/m0/s1. The van der Waals surface area contributed by atoms with Gasteiger partial charge in [0, 0.05) is 12.2 Å². The molecule has 1 fully saturated rings. The Labute approximate surface area is 120 Å². The number of carbonyl (C=O) groups excluding carboxylic acids is 1. The van der Waals surface area contributed by atoms with Crippen LogP contribution in [0.15, 0.2) is 24.3 Å². The van der Waals surface area contributed by atoms with Gasteiger partial charge in [-0.25, -0.2) is 0 Å². The Hall–Kier alpha value is -1.55. The van der Waals surface area contributed by atoms with Crippen molar-refractivity contribution in [1.29, 1.82) is 0 Å². The molecule has 0 saturated carbocycles. The number of amides is 1. The van der Waals surface area contributed by atoms with Crippen LogP contribution in [0.25, 0.3) is 0 Å². The van der Waals surface area contributed by atoms with Gasteiger partial charge in [0.25, 0.3) is 5.91 Å². The first kappa shape index (κ1) is 14.9. The molecule has 0 aromatic heterocycles. The monoisotopic (exact) mass is 277 g/mol. The maximum atomic E-state index is 12.2. The molecule has 1 aromatic rings. The number of ether oxygens (including phenoxy) is 2. The maximum absolute atomic E-state index is 12.2. The lowest BCUT2D eigenvalue weighted by Crippen LogP contribution is -2.40. The second-order valence-electron chi connectivity index (χ2n) is 5.19. The Bertz CT molecular complexity index is 441. The Morgan fingerprint density at radius 1 is 1.55 bits per heavy atom. The number of carbonyl (C=O) groups is 1. The molecular formula is C16H23NO3. The zero-order chi connectivity index (χ0) is 14.4. The predicted octanol–water partition coefficient (Wildman–Crippen LogP) is 2.77. The zero-order valence-electron chi connectivity index (χ0n) is 12.2. The van der Waals surface area contributed by atoms with Crippen LogP contribution in [0.4, 0.5) is 0 Å². The molecule has 1 saturated heterocycles. The number of hydrogen-bond donors (Lipinski definition) is 1. The summed E-state index contributed by atoms with van der Waals surface area (Å²) in [5.41, 5.74) is 0.628. The van der Waals surface area contributed by atoms with E-state index in [2.05, 4.69) is 12.2 Å². The molecule has 110 valence electrons. The van der Waals surface area contributed by atoms with E-state index in [1.165, 1.54) is 0 Å². The van der Waals surface area contributed by atoms with Crippen LogP contribution in [-0.2, 0) is 4.74 Å². The van der Waals surface area contributed by atoms with Gasteiger partial charge in [-0.1, -0.05) is 13.0 Å². The smallest absolute Gasteiger partial charge is 0.251 e. The number of hydrogen-bond acceptors (Lipinski definition) is 3. The summed E-state index contributed by atoms with van der Waals surface area (Å²) in [7, 11) is 0. The van der Waals surface area contributed by atoms with Gasteiger partial charge in [-0.2, -0.15) is 0 Å². The van der Waals surface area contributed by atoms with Crippen LogP contribution in [0.2, 0.25) is 0 Å². The lowest BCUT2D eigenvalue weighted by molar-refractivity contribution is 0.0712. The first-order valence-corrected chi connectivity index (χ1v) is 7.36. The summed E-state index contributed by atoms with van der Waals surface area (Å²) in [4.78, 5) is 12.2. The molecule has 1 amide bonds. The summed E-state index contributed by atoms with van der Waals surface area (Å²) in [5.74, 6) is 0.666. The minimum Gasteiger partial charge on any atom is -0.494 e. The molecule has 4 heteroatoms. The van der Waals surface area contributed by atoms with E-state index in [0.717, 1.165) is 31.6 Å². The van der Waals surface area contributed by atoms with Crippen molar-refractivity contribution in [1.82, 2.24) is 5.32 Å². The van der Waals surface area contributed by atoms with Crippen molar-refractivity contribution >= 4 is 5.91 Å². The largest absolute Gasteiger partial charge is 0.494 e. The second kappa shape index (κ2) is 7.29. The van der Waals surface area contributed by atoms with E-state index in [-0.39, 0.29) is 18.1 Å². The fourth-order valence-electron chi connectivity index (χ4n) is 2.33. The topological polar surface area (TPSA) is 47.6 Å². The molecule has 0 radical (unpaired) electrons. The van der Waals surface area contributed by atoms with Gasteiger partial charge in [0.2, 0.25) is 0 Å². The van der Waals surface area contributed by atoms with E-state index in [0.29, 0.717) is 12.2 Å². The third-order valence-electron chi connectivity index (χ3n) is 3.45. The van der Waals surface area contributed by atoms with Crippen LogP contribution < -0.4 is 10.1 Å². The fraction of sp³-hybridized carbons (Fsp3) is 0.562. The zero-order valence-corrected chi connectivity index (χ0v) is 12.2. The molecule has 20 heavy (non-hydrogen) atoms. The highest BCUT2D eigenvalue weighted by Gasteiger charge is 2.23. The summed E-state index contributed by atoms with van der Waals surface area (Å²) < 4.78 is 11.1. The highest BCUT2D eigenvalue weighted by molar-refractivity contribution is 5.94.